The van der Waals surface area contributed by atoms with Gasteiger partial charge in [-0.25, -0.2) is 9.97 Å². The molecule has 1 aromatic rings. The van der Waals surface area contributed by atoms with Gasteiger partial charge in [0.25, 0.3) is 0 Å². The Bertz CT molecular complexity index is 441. The molecule has 0 saturated carbocycles. The summed E-state index contributed by atoms with van der Waals surface area (Å²) >= 11 is 0. The summed E-state index contributed by atoms with van der Waals surface area (Å²) in [5.41, 5.74) is 0. The SMILES string of the molecule is COCCCC(=O)N1CC[C@@H](N(C)Cc2ncccn2)C1. The number of likely N-dealkylation sites (N-methyl/N-ethyl adjacent to an activating group) is 1. The summed E-state index contributed by atoms with van der Waals surface area (Å²) in [6.07, 6.45) is 5.91. The first-order valence-corrected chi connectivity index (χ1v) is 7.43. The lowest BCUT2D eigenvalue weighted by molar-refractivity contribution is -0.130. The Morgan fingerprint density at radius 1 is 1.48 bits per heavy atom. The van der Waals surface area contributed by atoms with Crippen LogP contribution in [0, 0.1) is 0 Å². The van der Waals surface area contributed by atoms with E-state index in [-0.39, 0.29) is 5.91 Å². The van der Waals surface area contributed by atoms with Crippen molar-refractivity contribution in [1.29, 1.82) is 0 Å². The van der Waals surface area contributed by atoms with Crippen LogP contribution in [0.2, 0.25) is 0 Å². The van der Waals surface area contributed by atoms with E-state index >= 15 is 0 Å². The van der Waals surface area contributed by atoms with Crippen LogP contribution in [0.1, 0.15) is 25.1 Å². The average Bonchev–Trinajstić information content (AvgIpc) is 2.98. The standard InChI is InChI=1S/C15H24N4O2/c1-18(12-14-16-7-4-8-17-14)13-6-9-19(11-13)15(20)5-3-10-21-2/h4,7-8,13H,3,5-6,9-12H2,1-2H3/t13-/m1/s1. The molecule has 0 unspecified atom stereocenters. The van der Waals surface area contributed by atoms with E-state index < -0.39 is 0 Å². The molecule has 1 fully saturated rings. The first kappa shape index (κ1) is 15.9. The molecule has 0 radical (unpaired) electrons. The average molecular weight is 292 g/mol. The summed E-state index contributed by atoms with van der Waals surface area (Å²) in [4.78, 5) is 24.8. The molecular weight excluding hydrogens is 268 g/mol. The van der Waals surface area contributed by atoms with Crippen molar-refractivity contribution in [3.05, 3.63) is 24.3 Å². The number of ether oxygens (including phenoxy) is 1. The lowest BCUT2D eigenvalue weighted by atomic mass is 10.2. The molecule has 116 valence electrons. The predicted octanol–water partition coefficient (Wildman–Crippen LogP) is 0.936. The normalized spacial score (nSPS) is 18.4. The lowest BCUT2D eigenvalue weighted by Crippen LogP contribution is -2.36. The number of hydrogen-bond acceptors (Lipinski definition) is 5. The predicted molar refractivity (Wildman–Crippen MR) is 79.6 cm³/mol. The fourth-order valence-corrected chi connectivity index (χ4v) is 2.62. The Labute approximate surface area is 126 Å². The molecule has 0 spiro atoms. The van der Waals surface area contributed by atoms with Crippen molar-refractivity contribution in [1.82, 2.24) is 19.8 Å². The number of aromatic nitrogens is 2. The molecule has 21 heavy (non-hydrogen) atoms. The molecule has 1 aliphatic rings. The maximum atomic E-state index is 12.1. The summed E-state index contributed by atoms with van der Waals surface area (Å²) in [7, 11) is 3.73. The van der Waals surface area contributed by atoms with Crippen LogP contribution >= 0.6 is 0 Å². The van der Waals surface area contributed by atoms with Crippen LogP contribution in [0.3, 0.4) is 0 Å². The number of amides is 1. The molecule has 0 N–H and O–H groups in total. The third-order valence-electron chi connectivity index (χ3n) is 3.89. The first-order chi connectivity index (χ1) is 10.2. The van der Waals surface area contributed by atoms with Gasteiger partial charge in [-0.1, -0.05) is 0 Å². The lowest BCUT2D eigenvalue weighted by Gasteiger charge is -2.24. The zero-order valence-corrected chi connectivity index (χ0v) is 12.9. The van der Waals surface area contributed by atoms with Crippen LogP contribution in [0.4, 0.5) is 0 Å². The maximum absolute atomic E-state index is 12.1. The number of carbonyl (C=O) groups is 1. The molecule has 1 aliphatic heterocycles. The molecule has 6 heteroatoms. The molecule has 2 heterocycles. The van der Waals surface area contributed by atoms with Gasteiger partial charge in [-0.2, -0.15) is 0 Å². The summed E-state index contributed by atoms with van der Waals surface area (Å²) in [5, 5.41) is 0. The monoisotopic (exact) mass is 292 g/mol. The van der Waals surface area contributed by atoms with Gasteiger partial charge in [0.15, 0.2) is 0 Å². The highest BCUT2D eigenvalue weighted by molar-refractivity contribution is 5.76. The van der Waals surface area contributed by atoms with Crippen molar-refractivity contribution in [2.45, 2.75) is 31.8 Å². The second-order valence-electron chi connectivity index (χ2n) is 5.46. The Morgan fingerprint density at radius 3 is 2.95 bits per heavy atom. The number of rotatable bonds is 7. The van der Waals surface area contributed by atoms with E-state index in [0.717, 1.165) is 38.3 Å². The smallest absolute Gasteiger partial charge is 0.222 e. The molecule has 0 aliphatic carbocycles. The Kier molecular flexibility index (Phi) is 6.07. The second-order valence-corrected chi connectivity index (χ2v) is 5.46. The van der Waals surface area contributed by atoms with Crippen LogP contribution in [0.5, 0.6) is 0 Å². The van der Waals surface area contributed by atoms with Crippen LogP contribution < -0.4 is 0 Å². The topological polar surface area (TPSA) is 58.6 Å². The van der Waals surface area contributed by atoms with Crippen LogP contribution in [0.25, 0.3) is 0 Å². The van der Waals surface area contributed by atoms with Gasteiger partial charge in [0.2, 0.25) is 5.91 Å². The second kappa shape index (κ2) is 8.05. The van der Waals surface area contributed by atoms with E-state index in [9.17, 15) is 4.79 Å². The molecular formula is C15H24N4O2. The fraction of sp³-hybridized carbons (Fsp3) is 0.667. The number of likely N-dealkylation sites (tertiary alicyclic amines) is 1. The van der Waals surface area contributed by atoms with Gasteiger partial charge in [-0.3, -0.25) is 9.69 Å². The quantitative estimate of drug-likeness (QED) is 0.700. The van der Waals surface area contributed by atoms with Gasteiger partial charge in [-0.05, 0) is 26.0 Å². The van der Waals surface area contributed by atoms with E-state index in [4.69, 9.17) is 4.74 Å². The minimum Gasteiger partial charge on any atom is -0.385 e. The van der Waals surface area contributed by atoms with Gasteiger partial charge in [0.05, 0.1) is 6.54 Å². The van der Waals surface area contributed by atoms with Crippen molar-refractivity contribution in [3.63, 3.8) is 0 Å². The van der Waals surface area contributed by atoms with Crippen LogP contribution in [-0.4, -0.2) is 65.6 Å². The van der Waals surface area contributed by atoms with Crippen molar-refractivity contribution in [2.24, 2.45) is 0 Å². The van der Waals surface area contributed by atoms with Crippen molar-refractivity contribution < 1.29 is 9.53 Å². The molecule has 1 aromatic heterocycles. The third kappa shape index (κ3) is 4.75. The number of hydrogen-bond donors (Lipinski definition) is 0. The number of methoxy groups -OCH3 is 1. The zero-order valence-electron chi connectivity index (χ0n) is 12.9. The fourth-order valence-electron chi connectivity index (χ4n) is 2.62. The minimum atomic E-state index is 0.235. The summed E-state index contributed by atoms with van der Waals surface area (Å²) in [6.45, 7) is 3.01. The summed E-state index contributed by atoms with van der Waals surface area (Å²) < 4.78 is 4.99. The van der Waals surface area contributed by atoms with E-state index in [2.05, 4.69) is 21.9 Å². The Hall–Kier alpha value is -1.53. The summed E-state index contributed by atoms with van der Waals surface area (Å²) in [5.74, 6) is 1.06. The van der Waals surface area contributed by atoms with Crippen molar-refractivity contribution in [2.75, 3.05) is 33.9 Å². The van der Waals surface area contributed by atoms with E-state index in [0.29, 0.717) is 19.1 Å². The van der Waals surface area contributed by atoms with Crippen LogP contribution in [0.15, 0.2) is 18.5 Å². The first-order valence-electron chi connectivity index (χ1n) is 7.43. The minimum absolute atomic E-state index is 0.235. The van der Waals surface area contributed by atoms with E-state index in [1.54, 1.807) is 19.5 Å². The molecule has 1 atom stereocenters. The van der Waals surface area contributed by atoms with Crippen LogP contribution in [-0.2, 0) is 16.1 Å². The van der Waals surface area contributed by atoms with Crippen molar-refractivity contribution >= 4 is 5.91 Å². The molecule has 6 nitrogen and oxygen atoms in total. The Balaban J connectivity index is 1.77. The largest absolute Gasteiger partial charge is 0.385 e. The molecule has 0 aromatic carbocycles. The van der Waals surface area contributed by atoms with Gasteiger partial charge >= 0.3 is 0 Å². The van der Waals surface area contributed by atoms with Gasteiger partial charge < -0.3 is 9.64 Å². The van der Waals surface area contributed by atoms with Gasteiger partial charge in [0, 0.05) is 51.7 Å². The highest BCUT2D eigenvalue weighted by atomic mass is 16.5. The molecule has 0 bridgehead atoms. The molecule has 1 saturated heterocycles. The summed E-state index contributed by atoms with van der Waals surface area (Å²) in [6, 6.07) is 2.21. The maximum Gasteiger partial charge on any atom is 0.222 e. The third-order valence-corrected chi connectivity index (χ3v) is 3.89. The highest BCUT2D eigenvalue weighted by Gasteiger charge is 2.28. The van der Waals surface area contributed by atoms with E-state index in [1.165, 1.54) is 0 Å². The molecule has 1 amide bonds. The zero-order chi connectivity index (χ0) is 15.1. The number of nitrogens with zero attached hydrogens (tertiary/aromatic N) is 4. The van der Waals surface area contributed by atoms with Gasteiger partial charge in [0.1, 0.15) is 5.82 Å². The van der Waals surface area contributed by atoms with Gasteiger partial charge in [-0.15, -0.1) is 0 Å². The highest BCUT2D eigenvalue weighted by Crippen LogP contribution is 2.17. The van der Waals surface area contributed by atoms with Crippen molar-refractivity contribution in [3.8, 4) is 0 Å². The van der Waals surface area contributed by atoms with E-state index in [1.807, 2.05) is 11.0 Å². The Morgan fingerprint density at radius 2 is 2.24 bits per heavy atom. The molecule has 2 rings (SSSR count). The number of carbonyl (C=O) groups excluding carboxylic acids is 1.